The first-order valence-electron chi connectivity index (χ1n) is 9.00. The summed E-state index contributed by atoms with van der Waals surface area (Å²) >= 11 is 0. The number of alkyl halides is 6. The molecule has 0 saturated heterocycles. The molecule has 3 aromatic carbocycles. The molecule has 3 nitrogen and oxygen atoms in total. The van der Waals surface area contributed by atoms with E-state index in [2.05, 4.69) is 4.98 Å². The topological polar surface area (TPSA) is 35.3 Å². The molecule has 0 aliphatic heterocycles. The van der Waals surface area contributed by atoms with E-state index in [0.29, 0.717) is 17.7 Å². The predicted molar refractivity (Wildman–Crippen MR) is 101 cm³/mol. The predicted octanol–water partition coefficient (Wildman–Crippen LogP) is 7.35. The first-order valence-corrected chi connectivity index (χ1v) is 9.00. The van der Waals surface area contributed by atoms with Gasteiger partial charge in [-0.2, -0.15) is 26.3 Å². The molecule has 0 spiro atoms. The molecule has 0 fully saturated rings. The van der Waals surface area contributed by atoms with Gasteiger partial charge >= 0.3 is 12.4 Å². The highest BCUT2D eigenvalue weighted by atomic mass is 19.4. The van der Waals surface area contributed by atoms with E-state index in [1.165, 1.54) is 31.4 Å². The monoisotopic (exact) mass is 455 g/mol. The minimum atomic E-state index is -4.92. The van der Waals surface area contributed by atoms with Gasteiger partial charge in [0.25, 0.3) is 0 Å². The smallest absolute Gasteiger partial charge is 0.419 e. The van der Waals surface area contributed by atoms with E-state index in [1.807, 2.05) is 0 Å². The second-order valence-corrected chi connectivity index (χ2v) is 6.81. The van der Waals surface area contributed by atoms with Gasteiger partial charge in [-0.25, -0.2) is 9.37 Å². The lowest BCUT2D eigenvalue weighted by atomic mass is 9.99. The van der Waals surface area contributed by atoms with Gasteiger partial charge in [0, 0.05) is 17.2 Å². The molecule has 0 bridgehead atoms. The lowest BCUT2D eigenvalue weighted by Crippen LogP contribution is -2.09. The van der Waals surface area contributed by atoms with Crippen molar-refractivity contribution in [2.45, 2.75) is 12.4 Å². The Morgan fingerprint density at radius 2 is 1.56 bits per heavy atom. The van der Waals surface area contributed by atoms with E-state index in [9.17, 15) is 30.7 Å². The largest absolute Gasteiger partial charge is 0.496 e. The minimum Gasteiger partial charge on any atom is -0.496 e. The summed E-state index contributed by atoms with van der Waals surface area (Å²) in [6.45, 7) is 0. The van der Waals surface area contributed by atoms with Crippen LogP contribution in [0.3, 0.4) is 0 Å². The number of oxazole rings is 1. The Labute approximate surface area is 176 Å². The molecule has 0 amide bonds. The number of methoxy groups -OCH3 is 1. The summed E-state index contributed by atoms with van der Waals surface area (Å²) in [5.74, 6) is -1.63. The average molecular weight is 455 g/mol. The third-order valence-corrected chi connectivity index (χ3v) is 4.73. The van der Waals surface area contributed by atoms with Crippen LogP contribution in [0.5, 0.6) is 5.75 Å². The number of benzene rings is 3. The van der Waals surface area contributed by atoms with E-state index in [1.54, 1.807) is 0 Å². The van der Waals surface area contributed by atoms with Crippen LogP contribution >= 0.6 is 0 Å². The molecular formula is C22H12F7NO2. The van der Waals surface area contributed by atoms with Crippen molar-refractivity contribution in [3.05, 3.63) is 71.5 Å². The van der Waals surface area contributed by atoms with E-state index in [4.69, 9.17) is 9.15 Å². The van der Waals surface area contributed by atoms with Gasteiger partial charge in [0.05, 0.1) is 18.2 Å². The van der Waals surface area contributed by atoms with E-state index in [0.717, 1.165) is 18.2 Å². The maximum atomic E-state index is 13.9. The van der Waals surface area contributed by atoms with Crippen molar-refractivity contribution in [2.24, 2.45) is 0 Å². The number of rotatable bonds is 3. The van der Waals surface area contributed by atoms with Gasteiger partial charge in [0.1, 0.15) is 17.1 Å². The lowest BCUT2D eigenvalue weighted by molar-refractivity contribution is -0.140. The second-order valence-electron chi connectivity index (χ2n) is 6.81. The quantitative estimate of drug-likeness (QED) is 0.303. The zero-order valence-corrected chi connectivity index (χ0v) is 16.1. The molecule has 0 N–H and O–H groups in total. The third-order valence-electron chi connectivity index (χ3n) is 4.73. The molecule has 1 heterocycles. The Hall–Kier alpha value is -3.56. The Bertz CT molecular complexity index is 1310. The minimum absolute atomic E-state index is 0.0288. The number of hydrogen-bond donors (Lipinski definition) is 0. The molecule has 1 aromatic heterocycles. The highest BCUT2D eigenvalue weighted by Gasteiger charge is 2.35. The number of fused-ring (bicyclic) bond motifs is 1. The molecular weight excluding hydrogens is 443 g/mol. The zero-order valence-electron chi connectivity index (χ0n) is 16.1. The number of halogens is 7. The van der Waals surface area contributed by atoms with E-state index in [-0.39, 0.29) is 33.9 Å². The fraction of sp³-hybridized carbons (Fsp3) is 0.136. The number of aromatic nitrogens is 1. The van der Waals surface area contributed by atoms with Crippen molar-refractivity contribution in [2.75, 3.05) is 7.11 Å². The summed E-state index contributed by atoms with van der Waals surface area (Å²) in [5.41, 5.74) is -1.76. The van der Waals surface area contributed by atoms with Gasteiger partial charge in [0.2, 0.25) is 5.89 Å². The highest BCUT2D eigenvalue weighted by molar-refractivity contribution is 5.79. The summed E-state index contributed by atoms with van der Waals surface area (Å²) in [4.78, 5) is 4.07. The Morgan fingerprint density at radius 3 is 2.22 bits per heavy atom. The maximum Gasteiger partial charge on any atom is 0.419 e. The highest BCUT2D eigenvalue weighted by Crippen LogP contribution is 2.40. The van der Waals surface area contributed by atoms with Crippen LogP contribution in [0.4, 0.5) is 30.7 Å². The SMILES string of the molecule is COc1cc(F)c(C(F)(F)F)cc1-c1cccc(-c2nc3cc(C(F)(F)F)ccc3o2)c1. The van der Waals surface area contributed by atoms with Crippen LogP contribution in [0.1, 0.15) is 11.1 Å². The summed E-state index contributed by atoms with van der Waals surface area (Å²) in [5, 5.41) is 0. The normalized spacial score (nSPS) is 12.4. The van der Waals surface area contributed by atoms with Gasteiger partial charge < -0.3 is 9.15 Å². The van der Waals surface area contributed by atoms with Crippen molar-refractivity contribution in [1.29, 1.82) is 0 Å². The van der Waals surface area contributed by atoms with Crippen LogP contribution in [0, 0.1) is 5.82 Å². The molecule has 0 unspecified atom stereocenters. The molecule has 0 aliphatic carbocycles. The number of nitrogens with zero attached hydrogens (tertiary/aromatic N) is 1. The molecule has 4 aromatic rings. The third kappa shape index (κ3) is 4.00. The van der Waals surface area contributed by atoms with Crippen LogP contribution in [0.25, 0.3) is 33.7 Å². The standard InChI is InChI=1S/C22H12F7NO2/c1-31-19-10-16(23)15(22(27,28)29)9-14(19)11-3-2-4-12(7-11)20-30-17-8-13(21(24,25)26)5-6-18(17)32-20/h2-10H,1H3. The molecule has 0 radical (unpaired) electrons. The first-order chi connectivity index (χ1) is 15.0. The van der Waals surface area contributed by atoms with Crippen molar-refractivity contribution >= 4 is 11.1 Å². The first kappa shape index (κ1) is 21.7. The fourth-order valence-corrected chi connectivity index (χ4v) is 3.21. The van der Waals surface area contributed by atoms with Gasteiger partial charge in [-0.1, -0.05) is 12.1 Å². The number of ether oxygens (including phenoxy) is 1. The molecule has 4 rings (SSSR count). The van der Waals surface area contributed by atoms with Gasteiger partial charge in [-0.3, -0.25) is 0 Å². The Kier molecular flexibility index (Phi) is 5.10. The number of hydrogen-bond acceptors (Lipinski definition) is 3. The van der Waals surface area contributed by atoms with Gasteiger partial charge in [-0.15, -0.1) is 0 Å². The maximum absolute atomic E-state index is 13.9. The molecule has 0 saturated carbocycles. The van der Waals surface area contributed by atoms with E-state index < -0.39 is 29.3 Å². The van der Waals surface area contributed by atoms with E-state index >= 15 is 0 Å². The summed E-state index contributed by atoms with van der Waals surface area (Å²) in [6, 6.07) is 10.0. The molecule has 166 valence electrons. The Balaban J connectivity index is 1.81. The Morgan fingerprint density at radius 1 is 0.844 bits per heavy atom. The fourth-order valence-electron chi connectivity index (χ4n) is 3.21. The zero-order chi connectivity index (χ0) is 23.3. The average Bonchev–Trinajstić information content (AvgIpc) is 3.15. The molecule has 0 atom stereocenters. The van der Waals surface area contributed by atoms with Crippen LogP contribution < -0.4 is 4.74 Å². The van der Waals surface area contributed by atoms with Crippen molar-refractivity contribution in [3.8, 4) is 28.3 Å². The molecule has 0 aliphatic rings. The van der Waals surface area contributed by atoms with Crippen LogP contribution in [-0.4, -0.2) is 12.1 Å². The van der Waals surface area contributed by atoms with Gasteiger partial charge in [-0.05, 0) is 42.0 Å². The summed E-state index contributed by atoms with van der Waals surface area (Å²) in [7, 11) is 1.19. The van der Waals surface area contributed by atoms with Crippen LogP contribution in [0.15, 0.2) is 59.0 Å². The second kappa shape index (κ2) is 7.54. The van der Waals surface area contributed by atoms with Crippen LogP contribution in [-0.2, 0) is 12.4 Å². The van der Waals surface area contributed by atoms with Crippen molar-refractivity contribution in [1.82, 2.24) is 4.98 Å². The lowest BCUT2D eigenvalue weighted by Gasteiger charge is -2.14. The van der Waals surface area contributed by atoms with Crippen molar-refractivity contribution < 1.29 is 39.9 Å². The van der Waals surface area contributed by atoms with Gasteiger partial charge in [0.15, 0.2) is 5.58 Å². The van der Waals surface area contributed by atoms with Crippen molar-refractivity contribution in [3.63, 3.8) is 0 Å². The molecule has 32 heavy (non-hydrogen) atoms. The summed E-state index contributed by atoms with van der Waals surface area (Å²) in [6.07, 6.45) is -9.47. The molecule has 10 heteroatoms. The van der Waals surface area contributed by atoms with Crippen LogP contribution in [0.2, 0.25) is 0 Å². The summed E-state index contributed by atoms with van der Waals surface area (Å²) < 4.78 is 103.